The Bertz CT molecular complexity index is 3030. The maximum Gasteiger partial charge on any atom is 0.164 e. The van der Waals surface area contributed by atoms with Gasteiger partial charge in [-0.15, -0.1) is 22.7 Å². The van der Waals surface area contributed by atoms with Gasteiger partial charge in [-0.3, -0.25) is 0 Å². The Kier molecular flexibility index (Phi) is 7.22. The molecule has 0 saturated carbocycles. The quantitative estimate of drug-likeness (QED) is 0.177. The molecule has 54 heavy (non-hydrogen) atoms. The van der Waals surface area contributed by atoms with Crippen molar-refractivity contribution in [2.75, 3.05) is 0 Å². The number of hydrogen-bond donors (Lipinski definition) is 0. The second kappa shape index (κ2) is 12.6. The van der Waals surface area contributed by atoms with E-state index in [-0.39, 0.29) is 0 Å². The maximum absolute atomic E-state index is 5.14. The van der Waals surface area contributed by atoms with Gasteiger partial charge in [0.05, 0.1) is 0 Å². The average Bonchev–Trinajstić information content (AvgIpc) is 3.82. The van der Waals surface area contributed by atoms with Gasteiger partial charge in [0.25, 0.3) is 0 Å². The molecule has 0 saturated heterocycles. The lowest BCUT2D eigenvalue weighted by molar-refractivity contribution is 1.08. The third-order valence-corrected chi connectivity index (χ3v) is 12.7. The molecule has 0 spiro atoms. The molecule has 0 radical (unpaired) electrons. The Morgan fingerprint density at radius 3 is 1.22 bits per heavy atom. The van der Waals surface area contributed by atoms with Crippen molar-refractivity contribution in [1.82, 2.24) is 15.0 Å². The molecule has 0 aliphatic heterocycles. The van der Waals surface area contributed by atoms with E-state index in [2.05, 4.69) is 176 Å². The first-order valence-electron chi connectivity index (χ1n) is 18.0. The van der Waals surface area contributed by atoms with Crippen molar-refractivity contribution in [3.63, 3.8) is 0 Å². The van der Waals surface area contributed by atoms with Crippen molar-refractivity contribution >= 4 is 73.8 Å². The van der Waals surface area contributed by atoms with Crippen molar-refractivity contribution < 1.29 is 0 Å². The van der Waals surface area contributed by atoms with Crippen LogP contribution in [0.3, 0.4) is 0 Å². The first kappa shape index (κ1) is 31.0. The minimum atomic E-state index is 0.646. The van der Waals surface area contributed by atoms with E-state index in [1.807, 2.05) is 22.7 Å². The van der Waals surface area contributed by atoms with E-state index in [1.165, 1.54) is 62.6 Å². The van der Waals surface area contributed by atoms with Crippen LogP contribution < -0.4 is 0 Å². The molecule has 11 aromatic rings. The topological polar surface area (TPSA) is 38.7 Å². The van der Waals surface area contributed by atoms with E-state index >= 15 is 0 Å². The third kappa shape index (κ3) is 5.12. The maximum atomic E-state index is 5.14. The van der Waals surface area contributed by atoms with Crippen molar-refractivity contribution in [2.45, 2.75) is 0 Å². The monoisotopic (exact) mass is 723 g/mol. The Hall–Kier alpha value is -6.53. The molecule has 0 atom stereocenters. The zero-order valence-corrected chi connectivity index (χ0v) is 30.5. The van der Waals surface area contributed by atoms with E-state index in [0.717, 1.165) is 27.5 Å². The van der Waals surface area contributed by atoms with Gasteiger partial charge >= 0.3 is 0 Å². The largest absolute Gasteiger partial charge is 0.208 e. The Labute approximate surface area is 319 Å². The van der Waals surface area contributed by atoms with E-state index in [4.69, 9.17) is 15.0 Å². The van der Waals surface area contributed by atoms with Crippen LogP contribution in [0, 0.1) is 0 Å². The Morgan fingerprint density at radius 2 is 0.667 bits per heavy atom. The van der Waals surface area contributed by atoms with Gasteiger partial charge in [0.2, 0.25) is 0 Å². The minimum Gasteiger partial charge on any atom is -0.208 e. The summed E-state index contributed by atoms with van der Waals surface area (Å²) in [6.45, 7) is 0. The molecular weight excluding hydrogens is 695 g/mol. The lowest BCUT2D eigenvalue weighted by Gasteiger charge is -2.11. The van der Waals surface area contributed by atoms with E-state index in [9.17, 15) is 0 Å². The van der Waals surface area contributed by atoms with Crippen LogP contribution in [0.15, 0.2) is 176 Å². The molecule has 0 aliphatic carbocycles. The molecule has 5 heteroatoms. The highest BCUT2D eigenvalue weighted by Gasteiger charge is 2.17. The summed E-state index contributed by atoms with van der Waals surface area (Å²) in [5, 5.41) is 7.46. The lowest BCUT2D eigenvalue weighted by Crippen LogP contribution is -2.00. The number of hydrogen-bond acceptors (Lipinski definition) is 5. The fraction of sp³-hybridized carbons (Fsp3) is 0. The SMILES string of the molecule is c1ccc2c(-c3nc(-c4ccc(-c5cccc6sc7ccccc7c56)cc4)nc(-c4ccc(-c5cccc6sc7ccccc7c56)cc4)n3)cccc2c1. The van der Waals surface area contributed by atoms with Gasteiger partial charge < -0.3 is 0 Å². The fourth-order valence-corrected chi connectivity index (χ4v) is 10.1. The van der Waals surface area contributed by atoms with Crippen molar-refractivity contribution in [1.29, 1.82) is 0 Å². The highest BCUT2D eigenvalue weighted by molar-refractivity contribution is 7.26. The molecule has 0 fully saturated rings. The summed E-state index contributed by atoms with van der Waals surface area (Å²) in [5.41, 5.74) is 7.67. The number of aromatic nitrogens is 3. The minimum absolute atomic E-state index is 0.646. The lowest BCUT2D eigenvalue weighted by atomic mass is 9.98. The molecule has 0 unspecified atom stereocenters. The first-order valence-corrected chi connectivity index (χ1v) is 19.6. The normalized spacial score (nSPS) is 11.7. The van der Waals surface area contributed by atoms with E-state index in [1.54, 1.807) is 0 Å². The first-order chi connectivity index (χ1) is 26.7. The summed E-state index contributed by atoms with van der Waals surface area (Å²) in [5.74, 6) is 1.95. The highest BCUT2D eigenvalue weighted by atomic mass is 32.1. The number of nitrogens with zero attached hydrogens (tertiary/aromatic N) is 3. The van der Waals surface area contributed by atoms with Crippen molar-refractivity contribution in [3.05, 3.63) is 176 Å². The van der Waals surface area contributed by atoms with Crippen molar-refractivity contribution in [3.8, 4) is 56.4 Å². The average molecular weight is 724 g/mol. The smallest absolute Gasteiger partial charge is 0.164 e. The second-order valence-corrected chi connectivity index (χ2v) is 15.7. The zero-order valence-electron chi connectivity index (χ0n) is 28.9. The van der Waals surface area contributed by atoms with Gasteiger partial charge in [-0.2, -0.15) is 0 Å². The summed E-state index contributed by atoms with van der Waals surface area (Å²) < 4.78 is 5.21. The van der Waals surface area contributed by atoms with Crippen molar-refractivity contribution in [2.24, 2.45) is 0 Å². The number of fused-ring (bicyclic) bond motifs is 7. The molecular formula is C49H29N3S2. The molecule has 0 amide bonds. The van der Waals surface area contributed by atoms with Crippen LogP contribution >= 0.6 is 22.7 Å². The highest BCUT2D eigenvalue weighted by Crippen LogP contribution is 2.42. The predicted octanol–water partition coefficient (Wildman–Crippen LogP) is 14.1. The molecule has 0 aliphatic rings. The summed E-state index contributed by atoms with van der Waals surface area (Å²) >= 11 is 3.69. The zero-order chi connectivity index (χ0) is 35.6. The Balaban J connectivity index is 1.03. The second-order valence-electron chi connectivity index (χ2n) is 13.5. The van der Waals surface area contributed by atoms with Crippen LogP contribution in [0.2, 0.25) is 0 Å². The fourth-order valence-electron chi connectivity index (χ4n) is 7.80. The number of thiophene rings is 2. The summed E-state index contributed by atoms with van der Waals surface area (Å²) in [4.78, 5) is 15.4. The molecule has 0 bridgehead atoms. The Morgan fingerprint density at radius 1 is 0.278 bits per heavy atom. The van der Waals surface area contributed by atoms with Gasteiger partial charge in [0.15, 0.2) is 17.5 Å². The standard InChI is InChI=1S/C49H29N3S2/c1-2-12-35-30(10-1)11-7-17-38(35)49-51-47(33-26-22-31(23-27-33)36-15-8-20-43-45(36)39-13-3-5-18-41(39)53-43)50-48(52-49)34-28-24-32(25-29-34)37-16-9-21-44-46(37)40-14-4-6-19-42(40)54-44/h1-29H. The molecule has 3 nitrogen and oxygen atoms in total. The summed E-state index contributed by atoms with van der Waals surface area (Å²) in [7, 11) is 0. The predicted molar refractivity (Wildman–Crippen MR) is 230 cm³/mol. The van der Waals surface area contributed by atoms with Gasteiger partial charge in [0.1, 0.15) is 0 Å². The molecule has 3 aromatic heterocycles. The van der Waals surface area contributed by atoms with Gasteiger partial charge in [-0.1, -0.05) is 152 Å². The van der Waals surface area contributed by atoms with Crippen LogP contribution in [0.1, 0.15) is 0 Å². The number of rotatable bonds is 5. The van der Waals surface area contributed by atoms with Gasteiger partial charge in [0, 0.05) is 57.0 Å². The van der Waals surface area contributed by atoms with E-state index in [0.29, 0.717) is 17.5 Å². The van der Waals surface area contributed by atoms with Gasteiger partial charge in [-0.25, -0.2) is 15.0 Å². The molecule has 11 rings (SSSR count). The van der Waals surface area contributed by atoms with Gasteiger partial charge in [-0.05, 0) is 57.3 Å². The summed E-state index contributed by atoms with van der Waals surface area (Å²) in [6.07, 6.45) is 0. The van der Waals surface area contributed by atoms with Crippen LogP contribution in [-0.2, 0) is 0 Å². The molecule has 3 heterocycles. The molecule has 0 N–H and O–H groups in total. The third-order valence-electron chi connectivity index (χ3n) is 10.4. The number of benzene rings is 8. The van der Waals surface area contributed by atoms with E-state index < -0.39 is 0 Å². The van der Waals surface area contributed by atoms with Crippen LogP contribution in [0.25, 0.3) is 108 Å². The molecule has 252 valence electrons. The molecule has 8 aromatic carbocycles. The van der Waals surface area contributed by atoms with Crippen LogP contribution in [-0.4, -0.2) is 15.0 Å². The van der Waals surface area contributed by atoms with Crippen LogP contribution in [0.5, 0.6) is 0 Å². The summed E-state index contributed by atoms with van der Waals surface area (Å²) in [6, 6.07) is 62.6. The van der Waals surface area contributed by atoms with Crippen LogP contribution in [0.4, 0.5) is 0 Å².